The van der Waals surface area contributed by atoms with E-state index >= 15 is 0 Å². The first-order valence-electron chi connectivity index (χ1n) is 9.36. The van der Waals surface area contributed by atoms with Crippen molar-refractivity contribution in [1.82, 2.24) is 15.1 Å². The Morgan fingerprint density at radius 2 is 1.64 bits per heavy atom. The summed E-state index contributed by atoms with van der Waals surface area (Å²) in [4.78, 5) is 0. The molecule has 2 heterocycles. The van der Waals surface area contributed by atoms with Crippen LogP contribution in [0, 0.1) is 6.92 Å². The second-order valence-electron chi connectivity index (χ2n) is 7.35. The van der Waals surface area contributed by atoms with Gasteiger partial charge in [-0.05, 0) is 37.6 Å². The van der Waals surface area contributed by atoms with Crippen molar-refractivity contribution in [2.75, 3.05) is 19.6 Å². The molecule has 0 saturated carbocycles. The van der Waals surface area contributed by atoms with E-state index in [2.05, 4.69) is 91.4 Å². The van der Waals surface area contributed by atoms with E-state index in [0.717, 1.165) is 30.5 Å². The molecule has 0 amide bonds. The summed E-state index contributed by atoms with van der Waals surface area (Å²) in [5.41, 5.74) is 4.03. The van der Waals surface area contributed by atoms with Crippen LogP contribution in [0.1, 0.15) is 30.4 Å². The number of quaternary nitrogens is 1. The maximum atomic E-state index is 3.87. The van der Waals surface area contributed by atoms with Gasteiger partial charge in [-0.1, -0.05) is 48.0 Å². The lowest BCUT2D eigenvalue weighted by Gasteiger charge is -2.50. The van der Waals surface area contributed by atoms with E-state index in [0.29, 0.717) is 5.92 Å². The van der Waals surface area contributed by atoms with Crippen molar-refractivity contribution < 1.29 is 0 Å². The first-order chi connectivity index (χ1) is 12.2. The highest BCUT2D eigenvalue weighted by atomic mass is 15.6. The second-order valence-corrected chi connectivity index (χ2v) is 7.35. The van der Waals surface area contributed by atoms with E-state index in [4.69, 9.17) is 0 Å². The van der Waals surface area contributed by atoms with Crippen LogP contribution in [0.4, 0.5) is 5.69 Å². The molecule has 2 aliphatic heterocycles. The first kappa shape index (κ1) is 16.5. The fourth-order valence-corrected chi connectivity index (χ4v) is 4.62. The molecule has 2 aromatic rings. The van der Waals surface area contributed by atoms with Gasteiger partial charge >= 0.3 is 0 Å². The summed E-state index contributed by atoms with van der Waals surface area (Å²) in [5, 5.41) is 7.75. The topological polar surface area (TPSA) is 24.1 Å². The zero-order valence-electron chi connectivity index (χ0n) is 15.2. The number of rotatable bonds is 4. The van der Waals surface area contributed by atoms with Crippen molar-refractivity contribution in [1.29, 1.82) is 0 Å². The molecule has 0 aromatic heterocycles. The highest BCUT2D eigenvalue weighted by molar-refractivity contribution is 5.51. The Morgan fingerprint density at radius 3 is 2.24 bits per heavy atom. The van der Waals surface area contributed by atoms with Gasteiger partial charge in [0.05, 0.1) is 18.7 Å². The summed E-state index contributed by atoms with van der Waals surface area (Å²) in [6.45, 7) is 7.58. The summed E-state index contributed by atoms with van der Waals surface area (Å²) in [7, 11) is 0. The van der Waals surface area contributed by atoms with E-state index in [-0.39, 0.29) is 5.79 Å². The average Bonchev–Trinajstić information content (AvgIpc) is 3.33. The Labute approximate surface area is 151 Å². The number of hydrogen-bond acceptors (Lipinski definition) is 2. The van der Waals surface area contributed by atoms with Gasteiger partial charge in [0.25, 0.3) is 0 Å². The summed E-state index contributed by atoms with van der Waals surface area (Å²) >= 11 is 0. The predicted molar refractivity (Wildman–Crippen MR) is 105 cm³/mol. The van der Waals surface area contributed by atoms with E-state index in [1.807, 2.05) is 0 Å². The van der Waals surface area contributed by atoms with E-state index in [1.54, 1.807) is 0 Å². The third-order valence-corrected chi connectivity index (χ3v) is 5.97. The molecule has 2 unspecified atom stereocenters. The molecule has 3 nitrogen and oxygen atoms in total. The Bertz CT molecular complexity index is 745. The van der Waals surface area contributed by atoms with E-state index in [1.165, 1.54) is 16.8 Å². The molecule has 4 rings (SSSR count). The van der Waals surface area contributed by atoms with Crippen molar-refractivity contribution in [2.24, 2.45) is 0 Å². The van der Waals surface area contributed by atoms with Gasteiger partial charge in [-0.15, -0.1) is 0 Å². The summed E-state index contributed by atoms with van der Waals surface area (Å²) in [5.74, 6) is 0.115. The minimum atomic E-state index is -0.219. The molecule has 3 heteroatoms. The van der Waals surface area contributed by atoms with Crippen molar-refractivity contribution in [3.05, 3.63) is 78.0 Å². The van der Waals surface area contributed by atoms with Crippen LogP contribution in [0.5, 0.6) is 0 Å². The zero-order chi connectivity index (χ0) is 17.3. The Balaban J connectivity index is 1.85. The fraction of sp³-hybridized carbons (Fsp3) is 0.364. The van der Waals surface area contributed by atoms with Crippen LogP contribution in [-0.2, 0) is 0 Å². The van der Waals surface area contributed by atoms with Crippen LogP contribution in [0.25, 0.3) is 0 Å². The molecule has 2 aliphatic rings. The number of aryl methyl sites for hydroxylation is 1. The van der Waals surface area contributed by atoms with Crippen LogP contribution in [-0.4, -0.2) is 25.4 Å². The van der Waals surface area contributed by atoms with Crippen LogP contribution < -0.4 is 15.1 Å². The van der Waals surface area contributed by atoms with Crippen LogP contribution in [0.2, 0.25) is 0 Å². The average molecular weight is 334 g/mol. The minimum absolute atomic E-state index is 0.219. The maximum Gasteiger partial charge on any atom is 0.226 e. The molecule has 1 saturated heterocycles. The highest BCUT2D eigenvalue weighted by Crippen LogP contribution is 2.43. The number of nitrogens with one attached hydrogen (secondary N) is 2. The lowest BCUT2D eigenvalue weighted by atomic mass is 9.90. The van der Waals surface area contributed by atoms with Gasteiger partial charge in [-0.3, -0.25) is 0 Å². The van der Waals surface area contributed by atoms with Gasteiger partial charge in [-0.2, -0.15) is 0 Å². The van der Waals surface area contributed by atoms with Gasteiger partial charge < -0.3 is 0 Å². The lowest BCUT2D eigenvalue weighted by Crippen LogP contribution is -2.74. The molecule has 25 heavy (non-hydrogen) atoms. The smallest absolute Gasteiger partial charge is 0.226 e. The highest BCUT2D eigenvalue weighted by Gasteiger charge is 2.58. The lowest BCUT2D eigenvalue weighted by molar-refractivity contribution is 0.0872. The van der Waals surface area contributed by atoms with Gasteiger partial charge in [0, 0.05) is 19.5 Å². The molecular formula is C22H28N3+. The molecule has 2 aromatic carbocycles. The van der Waals surface area contributed by atoms with E-state index < -0.39 is 0 Å². The first-order valence-corrected chi connectivity index (χ1v) is 9.36. The van der Waals surface area contributed by atoms with Crippen LogP contribution in [0.3, 0.4) is 0 Å². The van der Waals surface area contributed by atoms with Crippen molar-refractivity contribution in [2.45, 2.75) is 32.0 Å². The molecule has 0 aliphatic carbocycles. The number of hydrogen-bond donors (Lipinski definition) is 2. The van der Waals surface area contributed by atoms with Crippen LogP contribution >= 0.6 is 0 Å². The quantitative estimate of drug-likeness (QED) is 0.830. The molecule has 0 spiro atoms. The van der Waals surface area contributed by atoms with Gasteiger partial charge in [-0.25, -0.2) is 15.1 Å². The standard InChI is InChI=1S/C22H28N3/c1-18-10-12-21(13-11-18)25(16-6-7-17-25)22(23-14-15-24-22)19(2)20-8-4-3-5-9-20/h3-6,8-13,16,19,23-24H,7,14-15,17H2,1-2H3/q+1. The maximum absolute atomic E-state index is 3.87. The molecule has 130 valence electrons. The van der Waals surface area contributed by atoms with Crippen molar-refractivity contribution >= 4 is 5.69 Å². The third kappa shape index (κ3) is 2.54. The van der Waals surface area contributed by atoms with Crippen LogP contribution in [0.15, 0.2) is 66.9 Å². The Morgan fingerprint density at radius 1 is 0.960 bits per heavy atom. The van der Waals surface area contributed by atoms with Gasteiger partial charge in [0.2, 0.25) is 5.79 Å². The fourth-order valence-electron chi connectivity index (χ4n) is 4.62. The zero-order valence-corrected chi connectivity index (χ0v) is 15.2. The largest absolute Gasteiger partial charge is 0.249 e. The normalized spacial score (nSPS) is 26.0. The SMILES string of the molecule is Cc1ccc([N+]2(C3(C(C)c4ccccc4)NCCN3)C=CCC2)cc1. The van der Waals surface area contributed by atoms with Gasteiger partial charge in [0.1, 0.15) is 5.69 Å². The number of benzene rings is 2. The molecular weight excluding hydrogens is 306 g/mol. The van der Waals surface area contributed by atoms with Crippen molar-refractivity contribution in [3.63, 3.8) is 0 Å². The summed E-state index contributed by atoms with van der Waals surface area (Å²) < 4.78 is 0.823. The van der Waals surface area contributed by atoms with Crippen molar-refractivity contribution in [3.8, 4) is 0 Å². The van der Waals surface area contributed by atoms with Gasteiger partial charge in [0.15, 0.2) is 0 Å². The summed E-state index contributed by atoms with van der Waals surface area (Å²) in [6.07, 6.45) is 5.84. The molecule has 0 bridgehead atoms. The Kier molecular flexibility index (Phi) is 4.24. The molecule has 2 N–H and O–H groups in total. The monoisotopic (exact) mass is 334 g/mol. The minimum Gasteiger partial charge on any atom is -0.249 e. The second kappa shape index (κ2) is 6.41. The molecule has 2 atom stereocenters. The number of nitrogens with zero attached hydrogens (tertiary/aromatic N) is 1. The summed E-state index contributed by atoms with van der Waals surface area (Å²) in [6, 6.07) is 19.9. The molecule has 1 fully saturated rings. The predicted octanol–water partition coefficient (Wildman–Crippen LogP) is 3.87. The molecule has 0 radical (unpaired) electrons. The third-order valence-electron chi connectivity index (χ3n) is 5.97. The Hall–Kier alpha value is -1.94. The van der Waals surface area contributed by atoms with E-state index in [9.17, 15) is 0 Å².